The van der Waals surface area contributed by atoms with E-state index in [1.807, 2.05) is 19.9 Å². The second-order valence-electron chi connectivity index (χ2n) is 7.01. The van der Waals surface area contributed by atoms with Gasteiger partial charge in [-0.05, 0) is 18.4 Å². The molecule has 0 aliphatic carbocycles. The SMILES string of the molecule is CCC(C)C(N)C(=O)NCC(=O)NC(C)C(=O)NC(Cc1ccccc1)C(=O)O. The van der Waals surface area contributed by atoms with Gasteiger partial charge in [0.1, 0.15) is 12.1 Å². The van der Waals surface area contributed by atoms with Gasteiger partial charge in [0.05, 0.1) is 12.6 Å². The van der Waals surface area contributed by atoms with Gasteiger partial charge in [-0.15, -0.1) is 0 Å². The molecule has 0 aliphatic heterocycles. The highest BCUT2D eigenvalue weighted by Crippen LogP contribution is 2.05. The lowest BCUT2D eigenvalue weighted by atomic mass is 9.99. The van der Waals surface area contributed by atoms with Crippen molar-refractivity contribution in [1.29, 1.82) is 0 Å². The van der Waals surface area contributed by atoms with Crippen molar-refractivity contribution < 1.29 is 24.3 Å². The number of aliphatic carboxylic acids is 1. The number of nitrogens with two attached hydrogens (primary N) is 1. The van der Waals surface area contributed by atoms with Crippen LogP contribution in [0.5, 0.6) is 0 Å². The molecule has 9 heteroatoms. The second-order valence-corrected chi connectivity index (χ2v) is 7.01. The molecule has 1 rings (SSSR count). The Morgan fingerprint density at radius 1 is 1.03 bits per heavy atom. The molecule has 160 valence electrons. The predicted octanol–water partition coefficient (Wildman–Crippen LogP) is -0.207. The number of carbonyl (C=O) groups excluding carboxylic acids is 3. The number of amides is 3. The molecule has 0 aromatic heterocycles. The van der Waals surface area contributed by atoms with Crippen molar-refractivity contribution in [3.8, 4) is 0 Å². The van der Waals surface area contributed by atoms with E-state index in [1.165, 1.54) is 6.92 Å². The Bertz CT molecular complexity index is 710. The monoisotopic (exact) mass is 406 g/mol. The van der Waals surface area contributed by atoms with Gasteiger partial charge in [-0.2, -0.15) is 0 Å². The third kappa shape index (κ3) is 8.30. The number of benzene rings is 1. The number of nitrogens with one attached hydrogen (secondary N) is 3. The van der Waals surface area contributed by atoms with Crippen LogP contribution in [0.4, 0.5) is 0 Å². The van der Waals surface area contributed by atoms with E-state index < -0.39 is 41.8 Å². The van der Waals surface area contributed by atoms with Crippen LogP contribution in [0, 0.1) is 5.92 Å². The standard InChI is InChI=1S/C20H30N4O5/c1-4-12(2)17(21)19(27)22-11-16(25)23-13(3)18(26)24-15(20(28)29)10-14-8-6-5-7-9-14/h5-9,12-13,15,17H,4,10-11,21H2,1-3H3,(H,22,27)(H,23,25)(H,24,26)(H,28,29). The van der Waals surface area contributed by atoms with Crippen molar-refractivity contribution in [2.75, 3.05) is 6.54 Å². The van der Waals surface area contributed by atoms with Crippen molar-refractivity contribution >= 4 is 23.7 Å². The molecule has 29 heavy (non-hydrogen) atoms. The number of hydrogen-bond acceptors (Lipinski definition) is 5. The lowest BCUT2D eigenvalue weighted by Crippen LogP contribution is -2.53. The summed E-state index contributed by atoms with van der Waals surface area (Å²) in [5, 5.41) is 16.6. The zero-order valence-electron chi connectivity index (χ0n) is 17.0. The van der Waals surface area contributed by atoms with Gasteiger partial charge in [-0.3, -0.25) is 14.4 Å². The lowest BCUT2D eigenvalue weighted by molar-refractivity contribution is -0.142. The van der Waals surface area contributed by atoms with Crippen molar-refractivity contribution in [2.45, 2.75) is 51.7 Å². The zero-order valence-corrected chi connectivity index (χ0v) is 17.0. The molecule has 6 N–H and O–H groups in total. The normalized spacial score (nSPS) is 14.8. The minimum atomic E-state index is -1.17. The molecule has 1 aromatic carbocycles. The van der Waals surface area contributed by atoms with E-state index in [0.29, 0.717) is 0 Å². The molecule has 4 unspecified atom stereocenters. The van der Waals surface area contributed by atoms with Gasteiger partial charge >= 0.3 is 5.97 Å². The molecule has 1 aromatic rings. The summed E-state index contributed by atoms with van der Waals surface area (Å²) in [6.45, 7) is 4.85. The maximum atomic E-state index is 12.3. The summed E-state index contributed by atoms with van der Waals surface area (Å²) in [6.07, 6.45) is 0.845. The van der Waals surface area contributed by atoms with Gasteiger partial charge in [0.2, 0.25) is 17.7 Å². The molecule has 0 fully saturated rings. The van der Waals surface area contributed by atoms with Gasteiger partial charge in [0.15, 0.2) is 0 Å². The molecule has 0 heterocycles. The third-order valence-electron chi connectivity index (χ3n) is 4.65. The first-order valence-electron chi connectivity index (χ1n) is 9.55. The van der Waals surface area contributed by atoms with E-state index >= 15 is 0 Å². The summed E-state index contributed by atoms with van der Waals surface area (Å²) in [5.41, 5.74) is 6.55. The van der Waals surface area contributed by atoms with Crippen molar-refractivity contribution in [1.82, 2.24) is 16.0 Å². The Morgan fingerprint density at radius 3 is 2.21 bits per heavy atom. The van der Waals surface area contributed by atoms with Crippen molar-refractivity contribution in [2.24, 2.45) is 11.7 Å². The Hall–Kier alpha value is -2.94. The summed E-state index contributed by atoms with van der Waals surface area (Å²) < 4.78 is 0. The van der Waals surface area contributed by atoms with Gasteiger partial charge in [-0.25, -0.2) is 4.79 Å². The fourth-order valence-electron chi connectivity index (χ4n) is 2.50. The zero-order chi connectivity index (χ0) is 22.0. The molecule has 0 bridgehead atoms. The summed E-state index contributed by atoms with van der Waals surface area (Å²) >= 11 is 0. The van der Waals surface area contributed by atoms with E-state index in [2.05, 4.69) is 16.0 Å². The highest BCUT2D eigenvalue weighted by molar-refractivity contribution is 5.92. The number of rotatable bonds is 11. The number of carbonyl (C=O) groups is 4. The predicted molar refractivity (Wildman–Crippen MR) is 108 cm³/mol. The van der Waals surface area contributed by atoms with Crippen molar-refractivity contribution in [3.05, 3.63) is 35.9 Å². The van der Waals surface area contributed by atoms with E-state index in [0.717, 1.165) is 12.0 Å². The molecule has 0 saturated heterocycles. The van der Waals surface area contributed by atoms with Gasteiger partial charge in [-0.1, -0.05) is 50.6 Å². The van der Waals surface area contributed by atoms with Gasteiger partial charge < -0.3 is 26.8 Å². The summed E-state index contributed by atoms with van der Waals surface area (Å²) in [7, 11) is 0. The molecule has 3 amide bonds. The Kier molecular flexibility index (Phi) is 9.81. The van der Waals surface area contributed by atoms with Gasteiger partial charge in [0, 0.05) is 6.42 Å². The highest BCUT2D eigenvalue weighted by atomic mass is 16.4. The largest absolute Gasteiger partial charge is 0.480 e. The minimum absolute atomic E-state index is 0.0275. The molecule has 0 spiro atoms. The number of carboxylic acid groups (broad SMARTS) is 1. The van der Waals surface area contributed by atoms with E-state index in [9.17, 15) is 24.3 Å². The van der Waals surface area contributed by atoms with Crippen LogP contribution >= 0.6 is 0 Å². The van der Waals surface area contributed by atoms with E-state index in [1.54, 1.807) is 24.3 Å². The number of hydrogen-bond donors (Lipinski definition) is 5. The molecule has 9 nitrogen and oxygen atoms in total. The Labute approximate surface area is 170 Å². The summed E-state index contributed by atoms with van der Waals surface area (Å²) in [6, 6.07) is 6.07. The first-order valence-corrected chi connectivity index (χ1v) is 9.55. The van der Waals surface area contributed by atoms with Gasteiger partial charge in [0.25, 0.3) is 0 Å². The van der Waals surface area contributed by atoms with Crippen LogP contribution in [0.15, 0.2) is 30.3 Å². The molecule has 0 saturated carbocycles. The molecule has 4 atom stereocenters. The number of carboxylic acids is 1. The fraction of sp³-hybridized carbons (Fsp3) is 0.500. The highest BCUT2D eigenvalue weighted by Gasteiger charge is 2.25. The van der Waals surface area contributed by atoms with E-state index in [-0.39, 0.29) is 18.9 Å². The maximum absolute atomic E-state index is 12.3. The summed E-state index contributed by atoms with van der Waals surface area (Å²) in [4.78, 5) is 47.6. The van der Waals surface area contributed by atoms with E-state index in [4.69, 9.17) is 5.73 Å². The molecule has 0 radical (unpaired) electrons. The van der Waals surface area contributed by atoms with Crippen LogP contribution in [0.2, 0.25) is 0 Å². The Morgan fingerprint density at radius 2 is 1.66 bits per heavy atom. The lowest BCUT2D eigenvalue weighted by Gasteiger charge is -2.20. The fourth-order valence-corrected chi connectivity index (χ4v) is 2.50. The first-order chi connectivity index (χ1) is 13.6. The topological polar surface area (TPSA) is 151 Å². The average Bonchev–Trinajstić information content (AvgIpc) is 2.70. The quantitative estimate of drug-likeness (QED) is 0.343. The molecular formula is C20H30N4O5. The summed E-state index contributed by atoms with van der Waals surface area (Å²) in [5.74, 6) is -2.86. The van der Waals surface area contributed by atoms with Crippen molar-refractivity contribution in [3.63, 3.8) is 0 Å². The van der Waals surface area contributed by atoms with Crippen LogP contribution in [-0.4, -0.2) is 53.5 Å². The van der Waals surface area contributed by atoms with Crippen LogP contribution < -0.4 is 21.7 Å². The average molecular weight is 406 g/mol. The second kappa shape index (κ2) is 11.8. The Balaban J connectivity index is 2.51. The van der Waals surface area contributed by atoms with Crippen LogP contribution in [0.3, 0.4) is 0 Å². The smallest absolute Gasteiger partial charge is 0.326 e. The third-order valence-corrected chi connectivity index (χ3v) is 4.65. The maximum Gasteiger partial charge on any atom is 0.326 e. The molecular weight excluding hydrogens is 376 g/mol. The van der Waals surface area contributed by atoms with Crippen LogP contribution in [-0.2, 0) is 25.6 Å². The van der Waals surface area contributed by atoms with Crippen LogP contribution in [0.25, 0.3) is 0 Å². The molecule has 0 aliphatic rings. The minimum Gasteiger partial charge on any atom is -0.480 e. The first kappa shape index (κ1) is 24.1. The van der Waals surface area contributed by atoms with Crippen LogP contribution in [0.1, 0.15) is 32.8 Å².